The number of rotatable bonds is 1. The molecule has 3 aromatic rings. The SMILES string of the molecule is Fc1cc2nc(-c3cc(Br)ccc3Cl)nc(Cl)c2cc1Br. The van der Waals surface area contributed by atoms with Crippen LogP contribution in [0.15, 0.2) is 39.3 Å². The van der Waals surface area contributed by atoms with Crippen LogP contribution in [0.5, 0.6) is 0 Å². The third-order valence-electron chi connectivity index (χ3n) is 2.86. The number of halogens is 5. The molecule has 0 spiro atoms. The molecule has 21 heavy (non-hydrogen) atoms. The monoisotopic (exact) mass is 448 g/mol. The molecule has 0 amide bonds. The van der Waals surface area contributed by atoms with Crippen LogP contribution in [-0.2, 0) is 0 Å². The van der Waals surface area contributed by atoms with Gasteiger partial charge in [-0.3, -0.25) is 0 Å². The summed E-state index contributed by atoms with van der Waals surface area (Å²) < 4.78 is 14.8. The van der Waals surface area contributed by atoms with Crippen molar-refractivity contribution in [3.05, 3.63) is 55.3 Å². The quantitative estimate of drug-likeness (QED) is 0.408. The highest BCUT2D eigenvalue weighted by atomic mass is 79.9. The van der Waals surface area contributed by atoms with Crippen molar-refractivity contribution in [1.82, 2.24) is 9.97 Å². The Morgan fingerprint density at radius 1 is 1.00 bits per heavy atom. The predicted molar refractivity (Wildman–Crippen MR) is 90.4 cm³/mol. The minimum absolute atomic E-state index is 0.242. The van der Waals surface area contributed by atoms with Crippen LogP contribution < -0.4 is 0 Å². The summed E-state index contributed by atoms with van der Waals surface area (Å²) in [4.78, 5) is 8.60. The van der Waals surface area contributed by atoms with Crippen molar-refractivity contribution in [2.24, 2.45) is 0 Å². The van der Waals surface area contributed by atoms with E-state index in [9.17, 15) is 4.39 Å². The lowest BCUT2D eigenvalue weighted by Gasteiger charge is -2.07. The van der Waals surface area contributed by atoms with E-state index in [1.165, 1.54) is 6.07 Å². The van der Waals surface area contributed by atoms with Gasteiger partial charge in [0.25, 0.3) is 0 Å². The Bertz CT molecular complexity index is 871. The molecule has 2 aromatic carbocycles. The van der Waals surface area contributed by atoms with Gasteiger partial charge in [0.15, 0.2) is 5.82 Å². The maximum Gasteiger partial charge on any atom is 0.163 e. The predicted octanol–water partition coefficient (Wildman–Crippen LogP) is 6.27. The van der Waals surface area contributed by atoms with Crippen LogP contribution in [0.2, 0.25) is 10.2 Å². The summed E-state index contributed by atoms with van der Waals surface area (Å²) >= 11 is 18.8. The van der Waals surface area contributed by atoms with Crippen LogP contribution in [0.25, 0.3) is 22.3 Å². The van der Waals surface area contributed by atoms with E-state index in [0.717, 1.165) is 4.47 Å². The first-order valence-corrected chi connectivity index (χ1v) is 8.07. The van der Waals surface area contributed by atoms with Gasteiger partial charge in [-0.1, -0.05) is 39.1 Å². The normalized spacial score (nSPS) is 11.1. The van der Waals surface area contributed by atoms with Crippen molar-refractivity contribution < 1.29 is 4.39 Å². The first-order valence-electron chi connectivity index (χ1n) is 5.73. The van der Waals surface area contributed by atoms with Gasteiger partial charge in [-0.2, -0.15) is 0 Å². The van der Waals surface area contributed by atoms with Gasteiger partial charge in [0.05, 0.1) is 15.0 Å². The van der Waals surface area contributed by atoms with Gasteiger partial charge in [0.1, 0.15) is 11.0 Å². The standard InChI is InChI=1S/C14H5Br2Cl2FN2/c15-6-1-2-10(17)7(3-6)14-20-12-5-11(19)9(16)4-8(12)13(18)21-14/h1-5H. The molecule has 3 rings (SSSR count). The molecular weight excluding hydrogens is 446 g/mol. The molecule has 0 saturated heterocycles. The molecule has 0 atom stereocenters. The van der Waals surface area contributed by atoms with Crippen molar-refractivity contribution in [1.29, 1.82) is 0 Å². The maximum atomic E-state index is 13.7. The summed E-state index contributed by atoms with van der Waals surface area (Å²) in [5.41, 5.74) is 1.04. The Hall–Kier alpha value is -0.750. The van der Waals surface area contributed by atoms with E-state index >= 15 is 0 Å². The lowest BCUT2D eigenvalue weighted by Crippen LogP contribution is -1.94. The van der Waals surface area contributed by atoms with E-state index in [2.05, 4.69) is 41.8 Å². The molecular formula is C14H5Br2Cl2FN2. The molecule has 0 fully saturated rings. The van der Waals surface area contributed by atoms with E-state index in [1.807, 2.05) is 6.07 Å². The third-order valence-corrected chi connectivity index (χ3v) is 4.58. The Labute approximate surface area is 146 Å². The largest absolute Gasteiger partial charge is 0.228 e. The Balaban J connectivity index is 2.30. The molecule has 0 aliphatic heterocycles. The Kier molecular flexibility index (Phi) is 4.19. The highest BCUT2D eigenvalue weighted by molar-refractivity contribution is 9.10. The molecule has 0 N–H and O–H groups in total. The van der Waals surface area contributed by atoms with Gasteiger partial charge < -0.3 is 0 Å². The molecule has 1 aromatic heterocycles. The minimum atomic E-state index is -0.413. The zero-order valence-electron chi connectivity index (χ0n) is 10.2. The van der Waals surface area contributed by atoms with Gasteiger partial charge in [0, 0.05) is 21.5 Å². The average Bonchev–Trinajstić information content (AvgIpc) is 2.43. The first-order chi connectivity index (χ1) is 9.95. The summed E-state index contributed by atoms with van der Waals surface area (Å²) in [7, 11) is 0. The number of benzene rings is 2. The molecule has 0 radical (unpaired) electrons. The van der Waals surface area contributed by atoms with Gasteiger partial charge in [-0.25, -0.2) is 14.4 Å². The Morgan fingerprint density at radius 2 is 1.76 bits per heavy atom. The van der Waals surface area contributed by atoms with E-state index in [4.69, 9.17) is 23.2 Å². The van der Waals surface area contributed by atoms with E-state index in [-0.39, 0.29) is 5.15 Å². The van der Waals surface area contributed by atoms with Crippen LogP contribution in [0.1, 0.15) is 0 Å². The lowest BCUT2D eigenvalue weighted by atomic mass is 10.2. The number of nitrogens with zero attached hydrogens (tertiary/aromatic N) is 2. The summed E-state index contributed by atoms with van der Waals surface area (Å²) in [6, 6.07) is 8.19. The van der Waals surface area contributed by atoms with Crippen LogP contribution in [0, 0.1) is 5.82 Å². The fourth-order valence-corrected chi connectivity index (χ4v) is 3.01. The van der Waals surface area contributed by atoms with Crippen molar-refractivity contribution in [2.75, 3.05) is 0 Å². The molecule has 7 heteroatoms. The molecule has 0 aliphatic carbocycles. The molecule has 0 bridgehead atoms. The molecule has 106 valence electrons. The number of aromatic nitrogens is 2. The molecule has 2 nitrogen and oxygen atoms in total. The van der Waals surface area contributed by atoms with E-state index < -0.39 is 5.82 Å². The van der Waals surface area contributed by atoms with Crippen LogP contribution in [-0.4, -0.2) is 9.97 Å². The maximum absolute atomic E-state index is 13.7. The highest BCUT2D eigenvalue weighted by Gasteiger charge is 2.13. The lowest BCUT2D eigenvalue weighted by molar-refractivity contribution is 0.623. The number of hydrogen-bond donors (Lipinski definition) is 0. The fourth-order valence-electron chi connectivity index (χ4n) is 1.88. The van der Waals surface area contributed by atoms with E-state index in [1.54, 1.807) is 18.2 Å². The van der Waals surface area contributed by atoms with Gasteiger partial charge in [-0.15, -0.1) is 0 Å². The molecule has 1 heterocycles. The molecule has 0 saturated carbocycles. The zero-order valence-corrected chi connectivity index (χ0v) is 14.9. The van der Waals surface area contributed by atoms with Crippen molar-refractivity contribution >= 4 is 66.0 Å². The van der Waals surface area contributed by atoms with Crippen LogP contribution >= 0.6 is 55.1 Å². The second-order valence-electron chi connectivity index (χ2n) is 4.25. The van der Waals surface area contributed by atoms with Crippen molar-refractivity contribution in [3.63, 3.8) is 0 Å². The smallest absolute Gasteiger partial charge is 0.163 e. The second kappa shape index (κ2) is 5.80. The molecule has 0 aliphatic rings. The summed E-state index contributed by atoms with van der Waals surface area (Å²) in [5.74, 6) is -0.0657. The van der Waals surface area contributed by atoms with Crippen LogP contribution in [0.3, 0.4) is 0 Å². The van der Waals surface area contributed by atoms with E-state index in [0.29, 0.717) is 31.8 Å². The topological polar surface area (TPSA) is 25.8 Å². The van der Waals surface area contributed by atoms with Gasteiger partial charge in [-0.05, 0) is 40.2 Å². The summed E-state index contributed by atoms with van der Waals surface area (Å²) in [6.07, 6.45) is 0. The first kappa shape index (κ1) is 15.2. The highest BCUT2D eigenvalue weighted by Crippen LogP contribution is 2.32. The van der Waals surface area contributed by atoms with Crippen molar-refractivity contribution in [3.8, 4) is 11.4 Å². The number of fused-ring (bicyclic) bond motifs is 1. The molecule has 0 unspecified atom stereocenters. The second-order valence-corrected chi connectivity index (χ2v) is 6.78. The number of hydrogen-bond acceptors (Lipinski definition) is 2. The fraction of sp³-hybridized carbons (Fsp3) is 0. The summed E-state index contributed by atoms with van der Waals surface area (Å²) in [5, 5.41) is 1.30. The van der Waals surface area contributed by atoms with Crippen molar-refractivity contribution in [2.45, 2.75) is 0 Å². The minimum Gasteiger partial charge on any atom is -0.228 e. The van der Waals surface area contributed by atoms with Gasteiger partial charge in [0.2, 0.25) is 0 Å². The van der Waals surface area contributed by atoms with Crippen LogP contribution in [0.4, 0.5) is 4.39 Å². The third kappa shape index (κ3) is 2.93. The van der Waals surface area contributed by atoms with Gasteiger partial charge >= 0.3 is 0 Å². The average molecular weight is 451 g/mol. The Morgan fingerprint density at radius 3 is 2.52 bits per heavy atom. The zero-order chi connectivity index (χ0) is 15.1. The summed E-state index contributed by atoms with van der Waals surface area (Å²) in [6.45, 7) is 0.